The molecule has 0 aliphatic carbocycles. The van der Waals surface area contributed by atoms with Crippen molar-refractivity contribution in [2.45, 2.75) is 148 Å². The molecule has 4 N–H and O–H groups in total. The Kier molecular flexibility index (Phi) is 19.9. The molecule has 1 unspecified atom stereocenters. The number of carbonyl (C=O) groups excluding carboxylic acids is 2. The monoisotopic (exact) mass is 470 g/mol. The second-order valence-electron chi connectivity index (χ2n) is 9.28. The van der Waals surface area contributed by atoms with Crippen LogP contribution in [0.3, 0.4) is 0 Å². The first-order chi connectivity index (χ1) is 15.8. The molecule has 0 aromatic carbocycles. The molecule has 0 saturated heterocycles. The number of nitrogens with one attached hydrogen (secondary N) is 1. The summed E-state index contributed by atoms with van der Waals surface area (Å²) in [6, 6.07) is -1.94. The van der Waals surface area contributed by atoms with Crippen LogP contribution >= 0.6 is 0 Å². The number of carbonyl (C=O) groups is 3. The molecule has 0 aromatic heterocycles. The number of amides is 1. The van der Waals surface area contributed by atoms with Gasteiger partial charge in [-0.05, 0) is 32.6 Å². The lowest BCUT2D eigenvalue weighted by atomic mass is 10.0. The van der Waals surface area contributed by atoms with E-state index in [0.717, 1.165) is 25.7 Å². The van der Waals surface area contributed by atoms with Gasteiger partial charge in [-0.25, -0.2) is 4.79 Å². The highest BCUT2D eigenvalue weighted by atomic mass is 16.5. The molecule has 1 amide bonds. The van der Waals surface area contributed by atoms with E-state index in [1.54, 1.807) is 0 Å². The van der Waals surface area contributed by atoms with Gasteiger partial charge >= 0.3 is 11.9 Å². The Hall–Kier alpha value is -1.63. The SMILES string of the molecule is CCCCCCCCCCCCCCCC(CC)OC(=O)CC[C@@H](NC(=O)[C@H](C)N)C(=O)O. The normalized spacial score (nSPS) is 13.8. The fraction of sp³-hybridized carbons (Fsp3) is 0.885. The summed E-state index contributed by atoms with van der Waals surface area (Å²) in [5.74, 6) is -2.15. The van der Waals surface area contributed by atoms with Crippen LogP contribution in [0.4, 0.5) is 0 Å². The standard InChI is InChI=1S/C26H50N2O5/c1-4-6-7-8-9-10-11-12-13-14-15-16-17-18-22(5-2)33-24(29)20-19-23(26(31)32)28-25(30)21(3)27/h21-23H,4-20,27H2,1-3H3,(H,28,30)(H,31,32)/t21-,22?,23+/m0/s1. The van der Waals surface area contributed by atoms with Crippen molar-refractivity contribution in [2.24, 2.45) is 5.73 Å². The van der Waals surface area contributed by atoms with Crippen molar-refractivity contribution in [1.29, 1.82) is 0 Å². The Morgan fingerprint density at radius 2 is 1.30 bits per heavy atom. The quantitative estimate of drug-likeness (QED) is 0.142. The summed E-state index contributed by atoms with van der Waals surface area (Å²) < 4.78 is 5.52. The van der Waals surface area contributed by atoms with Crippen LogP contribution in [0, 0.1) is 0 Å². The summed E-state index contributed by atoms with van der Waals surface area (Å²) in [5, 5.41) is 11.6. The first-order valence-electron chi connectivity index (χ1n) is 13.3. The molecule has 0 spiro atoms. The van der Waals surface area contributed by atoms with Gasteiger partial charge in [0.25, 0.3) is 0 Å². The maximum Gasteiger partial charge on any atom is 0.326 e. The number of aliphatic carboxylic acids is 1. The van der Waals surface area contributed by atoms with E-state index in [1.807, 2.05) is 6.92 Å². The van der Waals surface area contributed by atoms with E-state index in [9.17, 15) is 19.5 Å². The molecule has 7 nitrogen and oxygen atoms in total. The maximum atomic E-state index is 12.1. The van der Waals surface area contributed by atoms with Gasteiger partial charge in [-0.15, -0.1) is 0 Å². The van der Waals surface area contributed by atoms with Crippen LogP contribution in [0.5, 0.6) is 0 Å². The average molecular weight is 471 g/mol. The molecule has 0 fully saturated rings. The van der Waals surface area contributed by atoms with E-state index in [4.69, 9.17) is 10.5 Å². The lowest BCUT2D eigenvalue weighted by Crippen LogP contribution is -2.47. The van der Waals surface area contributed by atoms with Crippen molar-refractivity contribution >= 4 is 17.8 Å². The predicted octanol–water partition coefficient (Wildman–Crippen LogP) is 5.49. The Bertz CT molecular complexity index is 525. The van der Waals surface area contributed by atoms with Crippen LogP contribution in [-0.4, -0.2) is 41.1 Å². The topological polar surface area (TPSA) is 119 Å². The summed E-state index contributed by atoms with van der Waals surface area (Å²) in [4.78, 5) is 35.0. The molecule has 194 valence electrons. The smallest absolute Gasteiger partial charge is 0.326 e. The number of unbranched alkanes of at least 4 members (excludes halogenated alkanes) is 12. The minimum Gasteiger partial charge on any atom is -0.480 e. The van der Waals surface area contributed by atoms with Crippen molar-refractivity contribution in [1.82, 2.24) is 5.32 Å². The summed E-state index contributed by atoms with van der Waals surface area (Å²) in [6.45, 7) is 5.72. The summed E-state index contributed by atoms with van der Waals surface area (Å²) >= 11 is 0. The van der Waals surface area contributed by atoms with Gasteiger partial charge in [-0.3, -0.25) is 9.59 Å². The Morgan fingerprint density at radius 3 is 1.73 bits per heavy atom. The van der Waals surface area contributed by atoms with Crippen LogP contribution in [0.15, 0.2) is 0 Å². The number of carboxylic acid groups (broad SMARTS) is 1. The van der Waals surface area contributed by atoms with Crippen LogP contribution in [0.2, 0.25) is 0 Å². The second-order valence-corrected chi connectivity index (χ2v) is 9.28. The molecular weight excluding hydrogens is 420 g/mol. The van der Waals surface area contributed by atoms with Crippen molar-refractivity contribution < 1.29 is 24.2 Å². The third kappa shape index (κ3) is 18.5. The minimum atomic E-state index is -1.18. The van der Waals surface area contributed by atoms with Crippen LogP contribution in [0.25, 0.3) is 0 Å². The number of ether oxygens (including phenoxy) is 1. The molecule has 33 heavy (non-hydrogen) atoms. The lowest BCUT2D eigenvalue weighted by molar-refractivity contribution is -0.150. The predicted molar refractivity (Wildman–Crippen MR) is 133 cm³/mol. The first kappa shape index (κ1) is 31.4. The average Bonchev–Trinajstić information content (AvgIpc) is 2.78. The zero-order valence-corrected chi connectivity index (χ0v) is 21.4. The zero-order chi connectivity index (χ0) is 24.9. The second kappa shape index (κ2) is 20.9. The molecule has 0 saturated carbocycles. The fourth-order valence-electron chi connectivity index (χ4n) is 3.80. The molecule has 0 aromatic rings. The highest BCUT2D eigenvalue weighted by Gasteiger charge is 2.23. The number of esters is 1. The molecule has 0 rings (SSSR count). The van der Waals surface area contributed by atoms with Gasteiger partial charge in [0.15, 0.2) is 0 Å². The van der Waals surface area contributed by atoms with Crippen molar-refractivity contribution in [3.63, 3.8) is 0 Å². The third-order valence-corrected chi connectivity index (χ3v) is 6.05. The van der Waals surface area contributed by atoms with Crippen LogP contribution in [0.1, 0.15) is 130 Å². The van der Waals surface area contributed by atoms with E-state index >= 15 is 0 Å². The van der Waals surface area contributed by atoms with E-state index in [2.05, 4.69) is 12.2 Å². The fourth-order valence-corrected chi connectivity index (χ4v) is 3.80. The number of hydrogen-bond donors (Lipinski definition) is 3. The van der Waals surface area contributed by atoms with Crippen molar-refractivity contribution in [2.75, 3.05) is 0 Å². The molecule has 0 aliphatic heterocycles. The van der Waals surface area contributed by atoms with E-state index < -0.39 is 29.9 Å². The Labute approximate surface area is 201 Å². The molecule has 7 heteroatoms. The van der Waals surface area contributed by atoms with Crippen molar-refractivity contribution in [3.8, 4) is 0 Å². The van der Waals surface area contributed by atoms with Gasteiger partial charge in [0, 0.05) is 6.42 Å². The third-order valence-electron chi connectivity index (χ3n) is 6.05. The number of rotatable bonds is 22. The van der Waals surface area contributed by atoms with Crippen LogP contribution < -0.4 is 11.1 Å². The van der Waals surface area contributed by atoms with Gasteiger partial charge < -0.3 is 20.9 Å². The highest BCUT2D eigenvalue weighted by Crippen LogP contribution is 2.15. The van der Waals surface area contributed by atoms with Gasteiger partial charge in [0.2, 0.25) is 5.91 Å². The summed E-state index contributed by atoms with van der Waals surface area (Å²) in [5.41, 5.74) is 5.45. The molecule has 0 heterocycles. The zero-order valence-electron chi connectivity index (χ0n) is 21.4. The lowest BCUT2D eigenvalue weighted by Gasteiger charge is -2.18. The number of carboxylic acids is 1. The minimum absolute atomic E-state index is 0.0121. The Morgan fingerprint density at radius 1 is 0.818 bits per heavy atom. The molecule has 0 radical (unpaired) electrons. The first-order valence-corrected chi connectivity index (χ1v) is 13.3. The number of hydrogen-bond acceptors (Lipinski definition) is 5. The van der Waals surface area contributed by atoms with E-state index in [1.165, 1.54) is 77.6 Å². The molecule has 0 aliphatic rings. The van der Waals surface area contributed by atoms with Crippen LogP contribution in [-0.2, 0) is 19.1 Å². The molecule has 0 bridgehead atoms. The summed E-state index contributed by atoms with van der Waals surface area (Å²) in [7, 11) is 0. The largest absolute Gasteiger partial charge is 0.480 e. The Balaban J connectivity index is 3.85. The van der Waals surface area contributed by atoms with Crippen molar-refractivity contribution in [3.05, 3.63) is 0 Å². The van der Waals surface area contributed by atoms with Gasteiger partial charge in [-0.2, -0.15) is 0 Å². The molecular formula is C26H50N2O5. The highest BCUT2D eigenvalue weighted by molar-refractivity contribution is 5.86. The van der Waals surface area contributed by atoms with Gasteiger partial charge in [-0.1, -0.05) is 90.9 Å². The van der Waals surface area contributed by atoms with E-state index in [0.29, 0.717) is 0 Å². The summed E-state index contributed by atoms with van der Waals surface area (Å²) in [6.07, 6.45) is 18.3. The van der Waals surface area contributed by atoms with Gasteiger partial charge in [0.05, 0.1) is 6.04 Å². The maximum absolute atomic E-state index is 12.1. The van der Waals surface area contributed by atoms with E-state index in [-0.39, 0.29) is 18.9 Å². The van der Waals surface area contributed by atoms with Gasteiger partial charge in [0.1, 0.15) is 12.1 Å². The molecule has 3 atom stereocenters. The number of nitrogens with two attached hydrogens (primary N) is 1.